The molecule has 0 spiro atoms. The van der Waals surface area contributed by atoms with Crippen molar-refractivity contribution in [3.05, 3.63) is 48.3 Å². The largest absolute Gasteiger partial charge is 0.444 e. The lowest BCUT2D eigenvalue weighted by atomic mass is 10.2. The topological polar surface area (TPSA) is 125 Å². The number of nitrogens with zero attached hydrogens (tertiary/aromatic N) is 5. The van der Waals surface area contributed by atoms with Gasteiger partial charge in [0.05, 0.1) is 59.3 Å². The maximum absolute atomic E-state index is 13.1. The number of aryl methyl sites for hydroxylation is 1. The van der Waals surface area contributed by atoms with Gasteiger partial charge in [0.15, 0.2) is 0 Å². The second-order valence-corrected chi connectivity index (χ2v) is 9.86. The Labute approximate surface area is 206 Å². The maximum Gasteiger partial charge on any atom is 0.412 e. The number of thiazole rings is 1. The van der Waals surface area contributed by atoms with Crippen LogP contribution in [0.25, 0.3) is 15.3 Å². The summed E-state index contributed by atoms with van der Waals surface area (Å²) in [5, 5.41) is 14.2. The molecule has 0 aliphatic rings. The van der Waals surface area contributed by atoms with Crippen LogP contribution in [0, 0.1) is 6.92 Å². The predicted octanol–water partition coefficient (Wildman–Crippen LogP) is 4.21. The molecule has 11 nitrogen and oxygen atoms in total. The number of amides is 2. The summed E-state index contributed by atoms with van der Waals surface area (Å²) in [5.41, 5.74) is 2.21. The Morgan fingerprint density at radius 1 is 1.11 bits per heavy atom. The fourth-order valence-electron chi connectivity index (χ4n) is 3.21. The van der Waals surface area contributed by atoms with Gasteiger partial charge in [-0.05, 0) is 33.8 Å². The zero-order valence-corrected chi connectivity index (χ0v) is 21.0. The van der Waals surface area contributed by atoms with E-state index in [1.165, 1.54) is 23.7 Å². The summed E-state index contributed by atoms with van der Waals surface area (Å²) in [6.07, 6.45) is 8.01. The third kappa shape index (κ3) is 5.84. The van der Waals surface area contributed by atoms with Crippen molar-refractivity contribution in [1.82, 2.24) is 24.4 Å². The molecule has 0 bridgehead atoms. The van der Waals surface area contributed by atoms with Gasteiger partial charge >= 0.3 is 6.09 Å². The molecule has 0 saturated carbocycles. The molecular formula is C23H27N7O4S. The number of hydrogen-bond acceptors (Lipinski definition) is 8. The normalized spacial score (nSPS) is 11.6. The molecule has 0 aromatic carbocycles. The van der Waals surface area contributed by atoms with Crippen molar-refractivity contribution in [3.8, 4) is 10.4 Å². The molecular weight excluding hydrogens is 470 g/mol. The van der Waals surface area contributed by atoms with Crippen molar-refractivity contribution < 1.29 is 19.1 Å². The second-order valence-electron chi connectivity index (χ2n) is 8.83. The van der Waals surface area contributed by atoms with Crippen LogP contribution in [0.4, 0.5) is 16.2 Å². The van der Waals surface area contributed by atoms with Gasteiger partial charge in [-0.25, -0.2) is 9.31 Å². The van der Waals surface area contributed by atoms with Crippen LogP contribution in [0.2, 0.25) is 0 Å². The number of aromatic nitrogens is 5. The Hall–Kier alpha value is -3.77. The minimum atomic E-state index is -0.630. The van der Waals surface area contributed by atoms with Crippen molar-refractivity contribution in [1.29, 1.82) is 0 Å². The van der Waals surface area contributed by atoms with Crippen LogP contribution in [0.1, 0.15) is 36.8 Å². The van der Waals surface area contributed by atoms with Gasteiger partial charge in [0.1, 0.15) is 10.4 Å². The Morgan fingerprint density at radius 3 is 2.66 bits per heavy atom. The van der Waals surface area contributed by atoms with Crippen LogP contribution in [-0.4, -0.2) is 55.7 Å². The number of carbonyl (C=O) groups is 2. The number of fused-ring (bicyclic) bond motifs is 1. The van der Waals surface area contributed by atoms with E-state index < -0.39 is 11.7 Å². The Kier molecular flexibility index (Phi) is 6.85. The molecule has 0 radical (unpaired) electrons. The monoisotopic (exact) mass is 497 g/mol. The van der Waals surface area contributed by atoms with E-state index >= 15 is 0 Å². The molecule has 2 amide bonds. The van der Waals surface area contributed by atoms with Gasteiger partial charge in [0.2, 0.25) is 0 Å². The molecule has 2 N–H and O–H groups in total. The number of methoxy groups -OCH3 is 1. The summed E-state index contributed by atoms with van der Waals surface area (Å²) in [6.45, 7) is 8.33. The van der Waals surface area contributed by atoms with Gasteiger partial charge in [0.25, 0.3) is 5.91 Å². The van der Waals surface area contributed by atoms with Crippen LogP contribution < -0.4 is 10.6 Å². The van der Waals surface area contributed by atoms with Gasteiger partial charge in [0, 0.05) is 25.1 Å². The van der Waals surface area contributed by atoms with E-state index in [4.69, 9.17) is 9.47 Å². The van der Waals surface area contributed by atoms with Crippen LogP contribution in [0.3, 0.4) is 0 Å². The SMILES string of the molecule is COCCn1cc(-c2cn3ncc(C(=O)Nc4cc(NC(=O)OC(C)(C)C)cnc4C)c3s2)cn1. The summed E-state index contributed by atoms with van der Waals surface area (Å²) in [4.78, 5) is 31.1. The molecule has 0 unspecified atom stereocenters. The van der Waals surface area contributed by atoms with Gasteiger partial charge < -0.3 is 14.8 Å². The van der Waals surface area contributed by atoms with Crippen LogP contribution in [-0.2, 0) is 16.0 Å². The number of anilines is 2. The molecule has 0 aliphatic heterocycles. The Morgan fingerprint density at radius 2 is 1.91 bits per heavy atom. The summed E-state index contributed by atoms with van der Waals surface area (Å²) in [7, 11) is 1.65. The average molecular weight is 498 g/mol. The van der Waals surface area contributed by atoms with Crippen molar-refractivity contribution in [2.45, 2.75) is 39.8 Å². The van der Waals surface area contributed by atoms with Crippen LogP contribution in [0.15, 0.2) is 37.1 Å². The molecule has 4 heterocycles. The van der Waals surface area contributed by atoms with E-state index in [-0.39, 0.29) is 5.91 Å². The van der Waals surface area contributed by atoms with Crippen LogP contribution in [0.5, 0.6) is 0 Å². The molecule has 0 saturated heterocycles. The number of nitrogens with one attached hydrogen (secondary N) is 2. The lowest BCUT2D eigenvalue weighted by Crippen LogP contribution is -2.27. The standard InChI is InChI=1S/C23H27N7O4S/c1-14-18(8-16(10-24-14)27-22(32)34-23(2,3)4)28-20(31)17-11-26-30-13-19(35-21(17)30)15-9-25-29(12-15)6-7-33-5/h8-13H,6-7H2,1-5H3,(H,27,32)(H,28,31). The molecule has 0 atom stereocenters. The molecule has 4 rings (SSSR count). The fourth-order valence-corrected chi connectivity index (χ4v) is 4.25. The molecule has 0 aliphatic carbocycles. The molecule has 184 valence electrons. The van der Waals surface area contributed by atoms with Crippen molar-refractivity contribution >= 4 is 39.5 Å². The first-order chi connectivity index (χ1) is 16.6. The first kappa shape index (κ1) is 24.4. The second kappa shape index (κ2) is 9.84. The first-order valence-corrected chi connectivity index (χ1v) is 11.7. The lowest BCUT2D eigenvalue weighted by Gasteiger charge is -2.19. The van der Waals surface area contributed by atoms with E-state index in [9.17, 15) is 9.59 Å². The highest BCUT2D eigenvalue weighted by atomic mass is 32.1. The highest BCUT2D eigenvalue weighted by molar-refractivity contribution is 7.21. The smallest absolute Gasteiger partial charge is 0.412 e. The number of hydrogen-bond donors (Lipinski definition) is 2. The predicted molar refractivity (Wildman–Crippen MR) is 133 cm³/mol. The molecule has 4 aromatic heterocycles. The zero-order valence-electron chi connectivity index (χ0n) is 20.2. The minimum Gasteiger partial charge on any atom is -0.444 e. The van der Waals surface area contributed by atoms with Gasteiger partial charge in [-0.15, -0.1) is 11.3 Å². The Bertz CT molecular complexity index is 1370. The van der Waals surface area contributed by atoms with Gasteiger partial charge in [-0.2, -0.15) is 10.2 Å². The highest BCUT2D eigenvalue weighted by Gasteiger charge is 2.19. The number of ether oxygens (including phenoxy) is 2. The van der Waals surface area contributed by atoms with Gasteiger partial charge in [-0.3, -0.25) is 19.8 Å². The molecule has 35 heavy (non-hydrogen) atoms. The number of rotatable bonds is 7. The van der Waals surface area contributed by atoms with E-state index in [0.29, 0.717) is 40.6 Å². The number of carbonyl (C=O) groups excluding carboxylic acids is 2. The first-order valence-electron chi connectivity index (χ1n) is 10.9. The number of pyridine rings is 1. The molecule has 12 heteroatoms. The molecule has 0 fully saturated rings. The molecule has 4 aromatic rings. The van der Waals surface area contributed by atoms with E-state index in [0.717, 1.165) is 10.4 Å². The van der Waals surface area contributed by atoms with Gasteiger partial charge in [-0.1, -0.05) is 0 Å². The van der Waals surface area contributed by atoms with Crippen molar-refractivity contribution in [2.75, 3.05) is 24.4 Å². The third-order valence-corrected chi connectivity index (χ3v) is 6.02. The third-order valence-electron chi connectivity index (χ3n) is 4.86. The lowest BCUT2D eigenvalue weighted by molar-refractivity contribution is 0.0635. The minimum absolute atomic E-state index is 0.330. The van der Waals surface area contributed by atoms with Crippen molar-refractivity contribution in [2.24, 2.45) is 0 Å². The van der Waals surface area contributed by atoms with Crippen LogP contribution >= 0.6 is 11.3 Å². The highest BCUT2D eigenvalue weighted by Crippen LogP contribution is 2.31. The van der Waals surface area contributed by atoms with E-state index in [1.54, 1.807) is 51.6 Å². The summed E-state index contributed by atoms with van der Waals surface area (Å²) < 4.78 is 13.8. The Balaban J connectivity index is 1.51. The average Bonchev–Trinajstić information content (AvgIpc) is 3.48. The summed E-state index contributed by atoms with van der Waals surface area (Å²) in [5.74, 6) is -0.330. The quantitative estimate of drug-likeness (QED) is 0.392. The van der Waals surface area contributed by atoms with E-state index in [2.05, 4.69) is 25.8 Å². The van der Waals surface area contributed by atoms with Crippen molar-refractivity contribution in [3.63, 3.8) is 0 Å². The summed E-state index contributed by atoms with van der Waals surface area (Å²) >= 11 is 1.45. The summed E-state index contributed by atoms with van der Waals surface area (Å²) in [6, 6.07) is 1.64. The fraction of sp³-hybridized carbons (Fsp3) is 0.348. The van der Waals surface area contributed by atoms with E-state index in [1.807, 2.05) is 17.1 Å². The zero-order chi connectivity index (χ0) is 25.2. The maximum atomic E-state index is 13.1.